The van der Waals surface area contributed by atoms with Crippen LogP contribution in [0.25, 0.3) is 11.1 Å². The van der Waals surface area contributed by atoms with E-state index >= 15 is 0 Å². The zero-order chi connectivity index (χ0) is 26.5. The van der Waals surface area contributed by atoms with Crippen LogP contribution in [0.15, 0.2) is 84.9 Å². The summed E-state index contributed by atoms with van der Waals surface area (Å²) in [5.74, 6) is 0.272. The molecule has 0 unspecified atom stereocenters. The molecule has 1 aromatic heterocycles. The van der Waals surface area contributed by atoms with Crippen LogP contribution in [0, 0.1) is 0 Å². The second-order valence-electron chi connectivity index (χ2n) is 8.98. The van der Waals surface area contributed by atoms with Crippen molar-refractivity contribution in [3.63, 3.8) is 0 Å². The molecule has 192 valence electrons. The second-order valence-corrected chi connectivity index (χ2v) is 10.3. The number of aromatic nitrogens is 1. The van der Waals surface area contributed by atoms with Gasteiger partial charge in [0.2, 0.25) is 0 Å². The maximum atomic E-state index is 12.8. The van der Waals surface area contributed by atoms with Crippen molar-refractivity contribution in [2.75, 3.05) is 0 Å². The van der Waals surface area contributed by atoms with Gasteiger partial charge in [0.25, 0.3) is 0 Å². The van der Waals surface area contributed by atoms with Crippen LogP contribution in [-0.4, -0.2) is 11.0 Å². The van der Waals surface area contributed by atoms with E-state index in [0.717, 1.165) is 58.5 Å². The molecule has 5 rings (SSSR count). The summed E-state index contributed by atoms with van der Waals surface area (Å²) in [4.78, 5) is 17.4. The Balaban J connectivity index is 1.38. The van der Waals surface area contributed by atoms with Crippen molar-refractivity contribution in [2.24, 2.45) is 0 Å². The Morgan fingerprint density at radius 2 is 1.37 bits per heavy atom. The minimum atomic E-state index is -0.475. The third-order valence-corrected chi connectivity index (χ3v) is 7.08. The molecule has 0 N–H and O–H groups in total. The molecule has 0 radical (unpaired) electrons. The Bertz CT molecular complexity index is 1480. The summed E-state index contributed by atoms with van der Waals surface area (Å²) < 4.78 is 11.7. The molecule has 0 amide bonds. The molecule has 38 heavy (non-hydrogen) atoms. The number of rotatable bonds is 8. The lowest BCUT2D eigenvalue weighted by Crippen LogP contribution is -2.08. The van der Waals surface area contributed by atoms with Crippen molar-refractivity contribution in [3.05, 3.63) is 128 Å². The molecule has 0 aliphatic heterocycles. The molecule has 0 atom stereocenters. The third kappa shape index (κ3) is 6.39. The van der Waals surface area contributed by atoms with E-state index in [2.05, 4.69) is 4.98 Å². The summed E-state index contributed by atoms with van der Waals surface area (Å²) in [6.07, 6.45) is 2.68. The summed E-state index contributed by atoms with van der Waals surface area (Å²) in [5.41, 5.74) is 6.03. The fourth-order valence-electron chi connectivity index (χ4n) is 4.45. The predicted molar refractivity (Wildman–Crippen MR) is 153 cm³/mol. The number of ether oxygens (including phenoxy) is 2. The highest BCUT2D eigenvalue weighted by Crippen LogP contribution is 2.43. The number of benzene rings is 3. The van der Waals surface area contributed by atoms with Crippen molar-refractivity contribution < 1.29 is 14.3 Å². The van der Waals surface area contributed by atoms with Gasteiger partial charge < -0.3 is 9.47 Å². The summed E-state index contributed by atoms with van der Waals surface area (Å²) >= 11 is 18.4. The number of nitrogens with zero attached hydrogens (tertiary/aromatic N) is 1. The second kappa shape index (κ2) is 12.0. The molecular formula is C31H24Cl3NO3. The van der Waals surface area contributed by atoms with E-state index in [1.165, 1.54) is 0 Å². The summed E-state index contributed by atoms with van der Waals surface area (Å²) in [6.45, 7) is 0.550. The Kier molecular flexibility index (Phi) is 8.33. The molecule has 0 fully saturated rings. The first-order valence-electron chi connectivity index (χ1n) is 12.2. The van der Waals surface area contributed by atoms with E-state index in [4.69, 9.17) is 44.3 Å². The smallest absolute Gasteiger partial charge is 0.357 e. The predicted octanol–water partition coefficient (Wildman–Crippen LogP) is 9.07. The van der Waals surface area contributed by atoms with E-state index < -0.39 is 5.97 Å². The number of hydrogen-bond donors (Lipinski definition) is 0. The molecule has 0 saturated heterocycles. The van der Waals surface area contributed by atoms with Gasteiger partial charge in [0.15, 0.2) is 0 Å². The molecule has 7 heteroatoms. The first-order valence-corrected chi connectivity index (χ1v) is 13.4. The molecule has 0 spiro atoms. The van der Waals surface area contributed by atoms with Crippen LogP contribution >= 0.6 is 34.8 Å². The van der Waals surface area contributed by atoms with E-state index in [0.29, 0.717) is 21.7 Å². The Morgan fingerprint density at radius 3 is 2.08 bits per heavy atom. The zero-order valence-corrected chi connectivity index (χ0v) is 22.7. The molecule has 0 bridgehead atoms. The molecular weight excluding hydrogens is 541 g/mol. The Labute approximate surface area is 236 Å². The molecule has 3 aromatic carbocycles. The molecule has 4 nitrogen and oxygen atoms in total. The zero-order valence-electron chi connectivity index (χ0n) is 20.4. The number of allylic oxidation sites excluding steroid dienone is 2. The van der Waals surface area contributed by atoms with Gasteiger partial charge in [-0.05, 0) is 96.1 Å². The maximum absolute atomic E-state index is 12.8. The molecule has 1 heterocycles. The van der Waals surface area contributed by atoms with Crippen molar-refractivity contribution >= 4 is 51.9 Å². The average Bonchev–Trinajstić information content (AvgIpc) is 3.43. The van der Waals surface area contributed by atoms with Gasteiger partial charge in [-0.3, -0.25) is 0 Å². The molecule has 1 aliphatic rings. The Hall–Kier alpha value is -3.31. The van der Waals surface area contributed by atoms with Crippen LogP contribution in [0.1, 0.15) is 52.1 Å². The van der Waals surface area contributed by atoms with E-state index in [1.54, 1.807) is 18.2 Å². The number of esters is 1. The number of pyridine rings is 1. The largest absolute Gasteiger partial charge is 0.488 e. The third-order valence-electron chi connectivity index (χ3n) is 6.34. The highest BCUT2D eigenvalue weighted by molar-refractivity contribution is 6.31. The van der Waals surface area contributed by atoms with Gasteiger partial charge >= 0.3 is 5.97 Å². The average molecular weight is 565 g/mol. The number of carbonyl (C=O) groups is 1. The van der Waals surface area contributed by atoms with Gasteiger partial charge in [-0.15, -0.1) is 0 Å². The van der Waals surface area contributed by atoms with E-state index in [1.807, 2.05) is 66.7 Å². The fourth-order valence-corrected chi connectivity index (χ4v) is 4.87. The summed E-state index contributed by atoms with van der Waals surface area (Å²) in [5, 5.41) is 1.95. The van der Waals surface area contributed by atoms with Crippen LogP contribution in [0.2, 0.25) is 15.1 Å². The minimum absolute atomic E-state index is 0.146. The lowest BCUT2D eigenvalue weighted by Gasteiger charge is -2.15. The van der Waals surface area contributed by atoms with Crippen LogP contribution < -0.4 is 4.74 Å². The Morgan fingerprint density at radius 1 is 0.737 bits per heavy atom. The number of hydrogen-bond acceptors (Lipinski definition) is 4. The van der Waals surface area contributed by atoms with E-state index in [-0.39, 0.29) is 12.3 Å². The SMILES string of the molecule is O=C(OCc1ccc(Cl)cc1)c1cccc(C2=C(c3cc(Cl)ccc3OCc3ccc(Cl)cc3)CCC2)n1. The highest BCUT2D eigenvalue weighted by atomic mass is 35.5. The molecule has 4 aromatic rings. The first kappa shape index (κ1) is 26.3. The minimum Gasteiger partial charge on any atom is -0.488 e. The van der Waals surface area contributed by atoms with Gasteiger partial charge in [-0.25, -0.2) is 9.78 Å². The van der Waals surface area contributed by atoms with Crippen molar-refractivity contribution in [1.29, 1.82) is 0 Å². The van der Waals surface area contributed by atoms with Gasteiger partial charge in [-0.1, -0.05) is 65.1 Å². The van der Waals surface area contributed by atoms with Gasteiger partial charge in [-0.2, -0.15) is 0 Å². The monoisotopic (exact) mass is 563 g/mol. The van der Waals surface area contributed by atoms with Crippen LogP contribution in [0.5, 0.6) is 5.75 Å². The normalized spacial score (nSPS) is 13.0. The summed E-state index contributed by atoms with van der Waals surface area (Å²) in [6, 6.07) is 25.9. The topological polar surface area (TPSA) is 48.4 Å². The van der Waals surface area contributed by atoms with Crippen molar-refractivity contribution in [1.82, 2.24) is 4.98 Å². The maximum Gasteiger partial charge on any atom is 0.357 e. The number of halogens is 3. The quantitative estimate of drug-likeness (QED) is 0.200. The van der Waals surface area contributed by atoms with Crippen LogP contribution in [0.4, 0.5) is 0 Å². The van der Waals surface area contributed by atoms with Gasteiger partial charge in [0.1, 0.15) is 24.7 Å². The lowest BCUT2D eigenvalue weighted by molar-refractivity contribution is 0.0465. The van der Waals surface area contributed by atoms with Crippen molar-refractivity contribution in [3.8, 4) is 5.75 Å². The fraction of sp³-hybridized carbons (Fsp3) is 0.161. The molecule has 1 aliphatic carbocycles. The summed E-state index contributed by atoms with van der Waals surface area (Å²) in [7, 11) is 0. The lowest BCUT2D eigenvalue weighted by atomic mass is 9.99. The first-order chi connectivity index (χ1) is 18.5. The van der Waals surface area contributed by atoms with Gasteiger partial charge in [0.05, 0.1) is 5.69 Å². The standard InChI is InChI=1S/C31H24Cl3NO3/c32-22-11-7-20(8-12-22)18-37-30-16-15-24(34)17-27(30)25-3-1-4-26(25)28-5-2-6-29(35-28)31(36)38-19-21-9-13-23(33)14-10-21/h2,5-17H,1,3-4,18-19H2. The van der Waals surface area contributed by atoms with E-state index in [9.17, 15) is 4.79 Å². The van der Waals surface area contributed by atoms with Crippen LogP contribution in [-0.2, 0) is 18.0 Å². The highest BCUT2D eigenvalue weighted by Gasteiger charge is 2.23. The molecule has 0 saturated carbocycles. The van der Waals surface area contributed by atoms with Crippen LogP contribution in [0.3, 0.4) is 0 Å². The van der Waals surface area contributed by atoms with Gasteiger partial charge in [0, 0.05) is 20.6 Å². The van der Waals surface area contributed by atoms with Crippen molar-refractivity contribution in [2.45, 2.75) is 32.5 Å². The number of carbonyl (C=O) groups excluding carboxylic acids is 1.